The molecule has 0 aliphatic carbocycles. The molecule has 0 saturated carbocycles. The Morgan fingerprint density at radius 1 is 1.03 bits per heavy atom. The van der Waals surface area contributed by atoms with E-state index in [1.54, 1.807) is 30.3 Å². The van der Waals surface area contributed by atoms with Crippen molar-refractivity contribution in [1.29, 1.82) is 0 Å². The lowest BCUT2D eigenvalue weighted by atomic mass is 10.2. The molecule has 30 heavy (non-hydrogen) atoms. The van der Waals surface area contributed by atoms with Crippen LogP contribution >= 0.6 is 11.8 Å². The van der Waals surface area contributed by atoms with Crippen molar-refractivity contribution < 1.29 is 9.21 Å². The van der Waals surface area contributed by atoms with E-state index in [0.29, 0.717) is 11.6 Å². The third kappa shape index (κ3) is 4.39. The number of benzene rings is 2. The fourth-order valence-electron chi connectivity index (χ4n) is 2.69. The van der Waals surface area contributed by atoms with Crippen LogP contribution in [0.3, 0.4) is 0 Å². The summed E-state index contributed by atoms with van der Waals surface area (Å²) in [5.41, 5.74) is 0.0170. The molecule has 4 rings (SSSR count). The molecule has 4 aromatic rings. The van der Waals surface area contributed by atoms with Gasteiger partial charge in [-0.1, -0.05) is 48.2 Å². The summed E-state index contributed by atoms with van der Waals surface area (Å²) in [5, 5.41) is 10.7. The van der Waals surface area contributed by atoms with Crippen molar-refractivity contribution in [2.75, 3.05) is 11.1 Å². The minimum absolute atomic E-state index is 0.0494. The minimum atomic E-state index is -0.652. The molecule has 0 spiro atoms. The molecule has 0 fully saturated rings. The first-order valence-corrected chi connectivity index (χ1v) is 9.82. The van der Waals surface area contributed by atoms with E-state index in [1.165, 1.54) is 4.57 Å². The van der Waals surface area contributed by atoms with E-state index in [9.17, 15) is 14.4 Å². The monoisotopic (exact) mass is 421 g/mol. The second-order valence-electron chi connectivity index (χ2n) is 6.07. The van der Waals surface area contributed by atoms with Crippen molar-refractivity contribution in [2.45, 2.75) is 5.22 Å². The van der Waals surface area contributed by atoms with Crippen LogP contribution in [-0.4, -0.2) is 31.4 Å². The van der Waals surface area contributed by atoms with E-state index in [1.807, 2.05) is 30.3 Å². The summed E-state index contributed by atoms with van der Waals surface area (Å²) in [7, 11) is 0. The van der Waals surface area contributed by atoms with Gasteiger partial charge < -0.3 is 9.73 Å². The number of hydrogen-bond acceptors (Lipinski definition) is 7. The van der Waals surface area contributed by atoms with Gasteiger partial charge >= 0.3 is 5.69 Å². The highest BCUT2D eigenvalue weighted by atomic mass is 32.2. The molecule has 0 atom stereocenters. The molecule has 9 nitrogen and oxygen atoms in total. The highest BCUT2D eigenvalue weighted by molar-refractivity contribution is 7.99. The predicted octanol–water partition coefficient (Wildman–Crippen LogP) is 2.31. The molecule has 2 aromatic carbocycles. The van der Waals surface area contributed by atoms with Gasteiger partial charge in [-0.25, -0.2) is 9.36 Å². The van der Waals surface area contributed by atoms with E-state index in [0.717, 1.165) is 23.4 Å². The summed E-state index contributed by atoms with van der Waals surface area (Å²) in [6.45, 7) is 0. The number of para-hydroxylation sites is 1. The quantitative estimate of drug-likeness (QED) is 0.458. The molecule has 10 heteroatoms. The van der Waals surface area contributed by atoms with E-state index in [-0.39, 0.29) is 16.8 Å². The van der Waals surface area contributed by atoms with Crippen LogP contribution in [0.1, 0.15) is 0 Å². The van der Waals surface area contributed by atoms with Crippen LogP contribution in [0.25, 0.3) is 17.1 Å². The van der Waals surface area contributed by atoms with Crippen LogP contribution in [0.5, 0.6) is 0 Å². The third-order valence-electron chi connectivity index (χ3n) is 3.98. The molecule has 0 bridgehead atoms. The molecule has 0 radical (unpaired) electrons. The first kappa shape index (κ1) is 19.4. The minimum Gasteiger partial charge on any atom is -0.411 e. The van der Waals surface area contributed by atoms with Gasteiger partial charge in [0.25, 0.3) is 10.8 Å². The van der Waals surface area contributed by atoms with Crippen molar-refractivity contribution in [1.82, 2.24) is 19.7 Å². The number of amides is 1. The zero-order valence-electron chi connectivity index (χ0n) is 15.4. The van der Waals surface area contributed by atoms with Crippen LogP contribution in [-0.2, 0) is 4.79 Å². The summed E-state index contributed by atoms with van der Waals surface area (Å²) in [6.07, 6.45) is 0. The Hall–Kier alpha value is -3.92. The Morgan fingerprint density at radius 2 is 1.73 bits per heavy atom. The Morgan fingerprint density at radius 3 is 2.47 bits per heavy atom. The molecule has 2 N–H and O–H groups in total. The first-order valence-electron chi connectivity index (χ1n) is 8.83. The van der Waals surface area contributed by atoms with Crippen molar-refractivity contribution in [2.24, 2.45) is 0 Å². The second kappa shape index (κ2) is 8.62. The molecule has 0 saturated heterocycles. The summed E-state index contributed by atoms with van der Waals surface area (Å²) < 4.78 is 6.76. The smallest absolute Gasteiger partial charge is 0.334 e. The van der Waals surface area contributed by atoms with Crippen LogP contribution in [0.4, 0.5) is 5.82 Å². The van der Waals surface area contributed by atoms with Gasteiger partial charge in [-0.2, -0.15) is 0 Å². The maximum atomic E-state index is 12.4. The zero-order valence-corrected chi connectivity index (χ0v) is 16.3. The van der Waals surface area contributed by atoms with Gasteiger partial charge in [0.15, 0.2) is 0 Å². The average Bonchev–Trinajstić information content (AvgIpc) is 3.22. The first-order chi connectivity index (χ1) is 14.6. The Balaban J connectivity index is 1.48. The van der Waals surface area contributed by atoms with Crippen LogP contribution in [0.15, 0.2) is 86.0 Å². The van der Waals surface area contributed by atoms with Crippen molar-refractivity contribution in [3.63, 3.8) is 0 Å². The third-order valence-corrected chi connectivity index (χ3v) is 4.80. The number of rotatable bonds is 6. The molecule has 0 unspecified atom stereocenters. The van der Waals surface area contributed by atoms with Crippen molar-refractivity contribution >= 4 is 23.5 Å². The molecule has 0 aliphatic rings. The number of carbonyl (C=O) groups is 1. The normalized spacial score (nSPS) is 10.7. The average molecular weight is 421 g/mol. The molecule has 2 heterocycles. The molecular weight excluding hydrogens is 406 g/mol. The highest BCUT2D eigenvalue weighted by Crippen LogP contribution is 2.23. The number of aromatic nitrogens is 4. The number of H-pyrrole nitrogens is 1. The van der Waals surface area contributed by atoms with Gasteiger partial charge in [-0.05, 0) is 24.3 Å². The van der Waals surface area contributed by atoms with Gasteiger partial charge in [0.1, 0.15) is 5.82 Å². The summed E-state index contributed by atoms with van der Waals surface area (Å²) in [5.74, 6) is -0.0668. The lowest BCUT2D eigenvalue weighted by Crippen LogP contribution is -2.32. The lowest BCUT2D eigenvalue weighted by molar-refractivity contribution is -0.113. The molecule has 1 amide bonds. The fourth-order valence-corrected chi connectivity index (χ4v) is 3.26. The SMILES string of the molecule is O=C(CSc1nnc(-c2ccccc2)o1)Nc1cc(=O)[nH]c(=O)n1-c1ccccc1. The number of aromatic amines is 1. The highest BCUT2D eigenvalue weighted by Gasteiger charge is 2.14. The van der Waals surface area contributed by atoms with Gasteiger partial charge in [-0.3, -0.25) is 14.6 Å². The van der Waals surface area contributed by atoms with Gasteiger partial charge in [0.2, 0.25) is 11.8 Å². The van der Waals surface area contributed by atoms with Crippen LogP contribution in [0.2, 0.25) is 0 Å². The largest absolute Gasteiger partial charge is 0.411 e. The maximum Gasteiger partial charge on any atom is 0.334 e. The Kier molecular flexibility index (Phi) is 5.57. The Bertz CT molecular complexity index is 1280. The second-order valence-corrected chi connectivity index (χ2v) is 7.00. The lowest BCUT2D eigenvalue weighted by Gasteiger charge is -2.12. The number of hydrogen-bond donors (Lipinski definition) is 2. The molecule has 2 aromatic heterocycles. The number of nitrogens with one attached hydrogen (secondary N) is 2. The number of thioether (sulfide) groups is 1. The van der Waals surface area contributed by atoms with E-state index < -0.39 is 17.2 Å². The summed E-state index contributed by atoms with van der Waals surface area (Å²) in [4.78, 5) is 38.6. The topological polar surface area (TPSA) is 123 Å². The molecule has 150 valence electrons. The van der Waals surface area contributed by atoms with Gasteiger partial charge in [0, 0.05) is 11.6 Å². The van der Waals surface area contributed by atoms with E-state index >= 15 is 0 Å². The van der Waals surface area contributed by atoms with E-state index in [2.05, 4.69) is 20.5 Å². The van der Waals surface area contributed by atoms with Crippen molar-refractivity contribution in [3.05, 3.63) is 87.6 Å². The van der Waals surface area contributed by atoms with Crippen molar-refractivity contribution in [3.8, 4) is 17.1 Å². The summed E-state index contributed by atoms with van der Waals surface area (Å²) >= 11 is 1.05. The molecular formula is C20H15N5O4S. The summed E-state index contributed by atoms with van der Waals surface area (Å²) in [6, 6.07) is 19.1. The van der Waals surface area contributed by atoms with Crippen LogP contribution < -0.4 is 16.6 Å². The van der Waals surface area contributed by atoms with E-state index in [4.69, 9.17) is 4.42 Å². The standard InChI is InChI=1S/C20H15N5O4S/c26-16-11-15(25(19(28)22-16)14-9-5-2-6-10-14)21-17(27)12-30-20-24-23-18(29-20)13-7-3-1-4-8-13/h1-11H,12H2,(H,21,27)(H,22,26,28). The molecule has 0 aliphatic heterocycles. The zero-order chi connectivity index (χ0) is 20.9. The van der Waals surface area contributed by atoms with Gasteiger partial charge in [-0.15, -0.1) is 10.2 Å². The van der Waals surface area contributed by atoms with Crippen LogP contribution in [0, 0.1) is 0 Å². The maximum absolute atomic E-state index is 12.4. The number of nitrogens with zero attached hydrogens (tertiary/aromatic N) is 3. The predicted molar refractivity (Wildman–Crippen MR) is 112 cm³/mol. The number of carbonyl (C=O) groups excluding carboxylic acids is 1. The number of anilines is 1. The van der Waals surface area contributed by atoms with Gasteiger partial charge in [0.05, 0.1) is 11.4 Å². The fraction of sp³-hybridized carbons (Fsp3) is 0.0500. The Labute approximate surface area is 173 Å².